The van der Waals surface area contributed by atoms with Crippen LogP contribution in [0.25, 0.3) is 0 Å². The van der Waals surface area contributed by atoms with Crippen LogP contribution in [0.3, 0.4) is 0 Å². The van der Waals surface area contributed by atoms with Gasteiger partial charge in [-0.25, -0.2) is 18.8 Å². The van der Waals surface area contributed by atoms with Gasteiger partial charge in [0.15, 0.2) is 0 Å². The zero-order chi connectivity index (χ0) is 23.9. The first-order chi connectivity index (χ1) is 15.0. The summed E-state index contributed by atoms with van der Waals surface area (Å²) in [4.78, 5) is 37.5. The fourth-order valence-electron chi connectivity index (χ4n) is 3.08. The van der Waals surface area contributed by atoms with Crippen molar-refractivity contribution in [3.63, 3.8) is 0 Å². The van der Waals surface area contributed by atoms with Crippen molar-refractivity contribution in [1.29, 1.82) is 0 Å². The molecule has 9 nitrogen and oxygen atoms in total. The van der Waals surface area contributed by atoms with E-state index in [9.17, 15) is 18.8 Å². The molecule has 1 fully saturated rings. The maximum absolute atomic E-state index is 13.9. The monoisotopic (exact) mass is 451 g/mol. The van der Waals surface area contributed by atoms with E-state index >= 15 is 0 Å². The van der Waals surface area contributed by atoms with Gasteiger partial charge in [-0.3, -0.25) is 0 Å². The average molecular weight is 451 g/mol. The van der Waals surface area contributed by atoms with Crippen LogP contribution in [0.5, 0.6) is 0 Å². The van der Waals surface area contributed by atoms with E-state index in [0.717, 1.165) is 13.2 Å². The molecule has 1 saturated heterocycles. The second kappa shape index (κ2) is 10.8. The van der Waals surface area contributed by atoms with Crippen LogP contribution in [0, 0.1) is 5.82 Å². The van der Waals surface area contributed by atoms with E-state index < -0.39 is 23.4 Å². The Morgan fingerprint density at radius 2 is 1.75 bits per heavy atom. The summed E-state index contributed by atoms with van der Waals surface area (Å²) in [6.45, 7) is 6.47. The van der Waals surface area contributed by atoms with Crippen molar-refractivity contribution in [3.05, 3.63) is 35.8 Å². The predicted molar refractivity (Wildman–Crippen MR) is 117 cm³/mol. The number of piperidine rings is 1. The minimum absolute atomic E-state index is 0.00543. The lowest BCUT2D eigenvalue weighted by Gasteiger charge is -2.34. The number of halogens is 1. The highest BCUT2D eigenvalue weighted by molar-refractivity contribution is 5.99. The molecule has 0 radical (unpaired) electrons. The molecule has 2 rings (SSSR count). The van der Waals surface area contributed by atoms with Crippen molar-refractivity contribution in [2.24, 2.45) is 0 Å². The summed E-state index contributed by atoms with van der Waals surface area (Å²) in [6.07, 6.45) is 1.88. The number of nitrogens with one attached hydrogen (secondary N) is 2. The third-order valence-corrected chi connectivity index (χ3v) is 4.63. The van der Waals surface area contributed by atoms with Crippen LogP contribution in [-0.4, -0.2) is 61.9 Å². The summed E-state index contributed by atoms with van der Waals surface area (Å²) in [6, 6.07) is 4.02. The van der Waals surface area contributed by atoms with Crippen molar-refractivity contribution in [2.75, 3.05) is 37.9 Å². The number of esters is 2. The van der Waals surface area contributed by atoms with Gasteiger partial charge >= 0.3 is 18.0 Å². The smallest absolute Gasteiger partial charge is 0.410 e. The zero-order valence-electron chi connectivity index (χ0n) is 19.0. The summed E-state index contributed by atoms with van der Waals surface area (Å²) in [5, 5.41) is 6.06. The van der Waals surface area contributed by atoms with Gasteiger partial charge < -0.3 is 29.7 Å². The number of nitrogens with zero attached hydrogens (tertiary/aromatic N) is 1. The number of hydrogen-bond donors (Lipinski definition) is 2. The number of anilines is 2. The van der Waals surface area contributed by atoms with Gasteiger partial charge in [0.05, 0.1) is 31.7 Å². The maximum Gasteiger partial charge on any atom is 0.410 e. The minimum atomic E-state index is -0.809. The van der Waals surface area contributed by atoms with E-state index in [1.165, 1.54) is 25.3 Å². The Morgan fingerprint density at radius 3 is 2.31 bits per heavy atom. The van der Waals surface area contributed by atoms with Gasteiger partial charge in [0.2, 0.25) is 0 Å². The van der Waals surface area contributed by atoms with E-state index in [1.54, 1.807) is 4.90 Å². The highest BCUT2D eigenvalue weighted by Gasteiger charge is 2.27. The molecule has 0 spiro atoms. The van der Waals surface area contributed by atoms with Crippen molar-refractivity contribution < 1.29 is 33.0 Å². The van der Waals surface area contributed by atoms with E-state index in [1.807, 2.05) is 20.8 Å². The molecule has 1 aliphatic rings. The molecule has 176 valence electrons. The lowest BCUT2D eigenvalue weighted by Crippen LogP contribution is -2.44. The molecule has 1 aromatic carbocycles. The molecule has 1 aromatic rings. The minimum Gasteiger partial charge on any atom is -0.466 e. The number of carbonyl (C=O) groups excluding carboxylic acids is 3. The van der Waals surface area contributed by atoms with Crippen LogP contribution < -0.4 is 10.6 Å². The molecule has 32 heavy (non-hydrogen) atoms. The van der Waals surface area contributed by atoms with E-state index in [2.05, 4.69) is 20.1 Å². The van der Waals surface area contributed by atoms with Crippen LogP contribution in [0.1, 0.15) is 33.6 Å². The van der Waals surface area contributed by atoms with E-state index in [-0.39, 0.29) is 23.5 Å². The number of carbonyl (C=O) groups is 3. The molecule has 1 amide bonds. The molecule has 0 unspecified atom stereocenters. The zero-order valence-corrected chi connectivity index (χ0v) is 19.0. The molecule has 1 heterocycles. The quantitative estimate of drug-likeness (QED) is 0.386. The average Bonchev–Trinajstić information content (AvgIpc) is 2.73. The molecule has 10 heteroatoms. The first-order valence-electron chi connectivity index (χ1n) is 10.2. The van der Waals surface area contributed by atoms with Gasteiger partial charge in [-0.1, -0.05) is 0 Å². The summed E-state index contributed by atoms with van der Waals surface area (Å²) < 4.78 is 28.5. The fourth-order valence-corrected chi connectivity index (χ4v) is 3.08. The van der Waals surface area contributed by atoms with E-state index in [4.69, 9.17) is 4.74 Å². The number of hydrogen-bond acceptors (Lipinski definition) is 8. The summed E-state index contributed by atoms with van der Waals surface area (Å²) in [7, 11) is 2.34. The second-order valence-electron chi connectivity index (χ2n) is 8.27. The Balaban J connectivity index is 2.11. The van der Waals surface area contributed by atoms with Gasteiger partial charge in [-0.15, -0.1) is 0 Å². The lowest BCUT2D eigenvalue weighted by molar-refractivity contribution is -0.138. The van der Waals surface area contributed by atoms with Gasteiger partial charge in [0.25, 0.3) is 0 Å². The van der Waals surface area contributed by atoms with Crippen molar-refractivity contribution in [2.45, 2.75) is 45.3 Å². The SMILES string of the molecule is COC(=O)/C=C(/Nc1cc(F)ccc1NC1CCN(C(=O)OC(C)(C)C)CC1)C(=O)OC. The molecule has 0 saturated carbocycles. The lowest BCUT2D eigenvalue weighted by atomic mass is 10.0. The van der Waals surface area contributed by atoms with Gasteiger partial charge in [0.1, 0.15) is 17.1 Å². The number of likely N-dealkylation sites (tertiary alicyclic amines) is 1. The Kier molecular flexibility index (Phi) is 8.45. The van der Waals surface area contributed by atoms with Gasteiger partial charge in [-0.05, 0) is 51.8 Å². The topological polar surface area (TPSA) is 106 Å². The van der Waals surface area contributed by atoms with Gasteiger partial charge in [0, 0.05) is 19.1 Å². The summed E-state index contributed by atoms with van der Waals surface area (Å²) in [5.41, 5.74) is 0.0188. The van der Waals surface area contributed by atoms with Crippen molar-refractivity contribution >= 4 is 29.4 Å². The molecule has 0 atom stereocenters. The highest BCUT2D eigenvalue weighted by Crippen LogP contribution is 2.27. The molecule has 0 aliphatic carbocycles. The number of amides is 1. The molecular formula is C22H30FN3O6. The maximum atomic E-state index is 13.9. The summed E-state index contributed by atoms with van der Waals surface area (Å²) in [5.74, 6) is -2.10. The highest BCUT2D eigenvalue weighted by atomic mass is 19.1. The van der Waals surface area contributed by atoms with Crippen LogP contribution >= 0.6 is 0 Å². The standard InChI is InChI=1S/C22H30FN3O6/c1-22(2,3)32-21(29)26-10-8-15(9-11-26)24-16-7-6-14(23)12-17(16)25-18(20(28)31-5)13-19(27)30-4/h6-7,12-13,15,24-25H,8-11H2,1-5H3/b18-13+. The molecule has 0 bridgehead atoms. The third-order valence-electron chi connectivity index (χ3n) is 4.63. The molecule has 2 N–H and O–H groups in total. The number of benzene rings is 1. The Hall–Kier alpha value is -3.30. The fraction of sp³-hybridized carbons (Fsp3) is 0.500. The normalized spacial score (nSPS) is 15.1. The largest absolute Gasteiger partial charge is 0.466 e. The van der Waals surface area contributed by atoms with Crippen LogP contribution in [0.4, 0.5) is 20.6 Å². The number of rotatable bonds is 6. The van der Waals surface area contributed by atoms with E-state index in [0.29, 0.717) is 31.6 Å². The molecule has 1 aliphatic heterocycles. The Bertz CT molecular complexity index is 873. The Morgan fingerprint density at radius 1 is 1.09 bits per heavy atom. The summed E-state index contributed by atoms with van der Waals surface area (Å²) >= 11 is 0. The first kappa shape index (κ1) is 25.0. The first-order valence-corrected chi connectivity index (χ1v) is 10.2. The van der Waals surface area contributed by atoms with Crippen molar-refractivity contribution in [1.82, 2.24) is 4.90 Å². The van der Waals surface area contributed by atoms with Crippen LogP contribution in [0.2, 0.25) is 0 Å². The second-order valence-corrected chi connectivity index (χ2v) is 8.27. The Labute approximate surface area is 186 Å². The van der Waals surface area contributed by atoms with Crippen LogP contribution in [0.15, 0.2) is 30.0 Å². The predicted octanol–water partition coefficient (Wildman–Crippen LogP) is 3.28. The van der Waals surface area contributed by atoms with Crippen molar-refractivity contribution in [3.8, 4) is 0 Å². The number of ether oxygens (including phenoxy) is 3. The van der Waals surface area contributed by atoms with Crippen LogP contribution in [-0.2, 0) is 23.8 Å². The van der Waals surface area contributed by atoms with Gasteiger partial charge in [-0.2, -0.15) is 0 Å². The molecular weight excluding hydrogens is 421 g/mol. The molecule has 0 aromatic heterocycles. The number of methoxy groups -OCH3 is 2. The third kappa shape index (κ3) is 7.44.